The number of nitrogens with one attached hydrogen (secondary N) is 1. The molecule has 1 N–H and O–H groups in total. The highest BCUT2D eigenvalue weighted by Crippen LogP contribution is 2.33. The molecule has 0 fully saturated rings. The lowest BCUT2D eigenvalue weighted by molar-refractivity contribution is 0.464. The maximum absolute atomic E-state index is 12.5. The Balaban J connectivity index is 2.98. The predicted octanol–water partition coefficient (Wildman–Crippen LogP) is 2.65. The van der Waals surface area contributed by atoms with Crippen molar-refractivity contribution in [3.05, 3.63) is 14.7 Å². The van der Waals surface area contributed by atoms with E-state index in [0.717, 1.165) is 17.8 Å². The van der Waals surface area contributed by atoms with Crippen LogP contribution in [0.5, 0.6) is 0 Å². The van der Waals surface area contributed by atoms with Crippen molar-refractivity contribution in [3.63, 3.8) is 0 Å². The van der Waals surface area contributed by atoms with Gasteiger partial charge in [-0.2, -0.15) is 4.31 Å². The van der Waals surface area contributed by atoms with Gasteiger partial charge in [0.2, 0.25) is 10.0 Å². The molecule has 0 aromatic carbocycles. The predicted molar refractivity (Wildman–Crippen MR) is 87.3 cm³/mol. The van der Waals surface area contributed by atoms with Crippen molar-refractivity contribution < 1.29 is 8.42 Å². The Morgan fingerprint density at radius 2 is 2.20 bits per heavy atom. The zero-order valence-electron chi connectivity index (χ0n) is 11.6. The second-order valence-electron chi connectivity index (χ2n) is 4.16. The maximum atomic E-state index is 12.5. The number of halogens is 1. The molecule has 0 radical (unpaired) electrons. The number of hydrogen-bond acceptors (Lipinski definition) is 4. The fourth-order valence-electron chi connectivity index (χ4n) is 1.66. The molecule has 7 heteroatoms. The Morgan fingerprint density at radius 1 is 1.50 bits per heavy atom. The quantitative estimate of drug-likeness (QED) is 0.558. The van der Waals surface area contributed by atoms with Crippen LogP contribution in [0.4, 0.5) is 0 Å². The van der Waals surface area contributed by atoms with Crippen molar-refractivity contribution in [2.45, 2.75) is 31.7 Å². The summed E-state index contributed by atoms with van der Waals surface area (Å²) in [7, 11) is -3.53. The van der Waals surface area contributed by atoms with Gasteiger partial charge in [-0.25, -0.2) is 8.42 Å². The first-order valence-electron chi connectivity index (χ1n) is 6.39. The SMILES string of the molecule is C#CCN(CC)S(=O)(=O)c1cc(CNCCC)sc1Br. The summed E-state index contributed by atoms with van der Waals surface area (Å²) in [6.45, 7) is 5.90. The molecule has 0 bridgehead atoms. The van der Waals surface area contributed by atoms with E-state index in [1.54, 1.807) is 13.0 Å². The minimum absolute atomic E-state index is 0.0878. The van der Waals surface area contributed by atoms with Crippen molar-refractivity contribution >= 4 is 37.3 Å². The second kappa shape index (κ2) is 8.15. The van der Waals surface area contributed by atoms with E-state index in [9.17, 15) is 8.42 Å². The summed E-state index contributed by atoms with van der Waals surface area (Å²) < 4.78 is 26.9. The first-order chi connectivity index (χ1) is 9.47. The Labute approximate surface area is 133 Å². The maximum Gasteiger partial charge on any atom is 0.245 e. The summed E-state index contributed by atoms with van der Waals surface area (Å²) in [5.41, 5.74) is 0. The third-order valence-electron chi connectivity index (χ3n) is 2.67. The van der Waals surface area contributed by atoms with E-state index in [1.807, 2.05) is 0 Å². The lowest BCUT2D eigenvalue weighted by Crippen LogP contribution is -2.31. The van der Waals surface area contributed by atoms with Crippen LogP contribution in [-0.4, -0.2) is 32.4 Å². The Morgan fingerprint density at radius 3 is 2.75 bits per heavy atom. The summed E-state index contributed by atoms with van der Waals surface area (Å²) in [6, 6.07) is 1.71. The van der Waals surface area contributed by atoms with Crippen LogP contribution in [0.25, 0.3) is 0 Å². The molecule has 0 saturated heterocycles. The highest BCUT2D eigenvalue weighted by molar-refractivity contribution is 9.11. The minimum Gasteiger partial charge on any atom is -0.312 e. The number of thiophene rings is 1. The molecule has 1 heterocycles. The molecule has 0 aliphatic heterocycles. The van der Waals surface area contributed by atoms with Crippen molar-refractivity contribution in [2.75, 3.05) is 19.6 Å². The van der Waals surface area contributed by atoms with E-state index in [0.29, 0.717) is 21.8 Å². The number of rotatable bonds is 8. The zero-order valence-corrected chi connectivity index (χ0v) is 14.9. The van der Waals surface area contributed by atoms with Gasteiger partial charge in [-0.1, -0.05) is 19.8 Å². The number of terminal acetylenes is 1. The summed E-state index contributed by atoms with van der Waals surface area (Å²) in [5, 5.41) is 3.26. The molecular formula is C13H19BrN2O2S2. The standard InChI is InChI=1S/C13H19BrN2O2S2/c1-4-7-15-10-11-9-12(13(14)19-11)20(17,18)16(6-3)8-5-2/h2,9,15H,4,6-8,10H2,1,3H3. The fraction of sp³-hybridized carbons (Fsp3) is 0.538. The molecule has 20 heavy (non-hydrogen) atoms. The molecule has 0 aliphatic rings. The van der Waals surface area contributed by atoms with Crippen molar-refractivity contribution in [1.82, 2.24) is 9.62 Å². The van der Waals surface area contributed by atoms with Gasteiger partial charge in [0.25, 0.3) is 0 Å². The molecule has 0 unspecified atom stereocenters. The smallest absolute Gasteiger partial charge is 0.245 e. The lowest BCUT2D eigenvalue weighted by Gasteiger charge is -2.17. The van der Waals surface area contributed by atoms with E-state index >= 15 is 0 Å². The zero-order chi connectivity index (χ0) is 15.2. The summed E-state index contributed by atoms with van der Waals surface area (Å²) >= 11 is 4.78. The topological polar surface area (TPSA) is 49.4 Å². The van der Waals surface area contributed by atoms with Crippen LogP contribution in [0.15, 0.2) is 14.7 Å². The molecule has 0 saturated carbocycles. The minimum atomic E-state index is -3.53. The Kier molecular flexibility index (Phi) is 7.20. The van der Waals surface area contributed by atoms with Crippen LogP contribution in [0.2, 0.25) is 0 Å². The van der Waals surface area contributed by atoms with Crippen LogP contribution >= 0.6 is 27.3 Å². The average Bonchev–Trinajstić information content (AvgIpc) is 2.78. The van der Waals surface area contributed by atoms with Crippen LogP contribution in [0.1, 0.15) is 25.1 Å². The van der Waals surface area contributed by atoms with Crippen LogP contribution in [0.3, 0.4) is 0 Å². The first kappa shape index (κ1) is 17.7. The van der Waals surface area contributed by atoms with Crippen molar-refractivity contribution in [3.8, 4) is 12.3 Å². The lowest BCUT2D eigenvalue weighted by atomic mass is 10.4. The van der Waals surface area contributed by atoms with Crippen LogP contribution in [-0.2, 0) is 16.6 Å². The number of sulfonamides is 1. The van der Waals surface area contributed by atoms with Gasteiger partial charge in [-0.15, -0.1) is 17.8 Å². The highest BCUT2D eigenvalue weighted by Gasteiger charge is 2.26. The van der Waals surface area contributed by atoms with E-state index in [1.165, 1.54) is 15.6 Å². The molecule has 1 aromatic heterocycles. The van der Waals surface area contributed by atoms with E-state index in [-0.39, 0.29) is 6.54 Å². The Bertz CT molecular complexity index is 576. The molecular weight excluding hydrogens is 360 g/mol. The van der Waals surface area contributed by atoms with Crippen LogP contribution in [0, 0.1) is 12.3 Å². The summed E-state index contributed by atoms with van der Waals surface area (Å²) in [6.07, 6.45) is 6.27. The molecule has 112 valence electrons. The normalized spacial score (nSPS) is 11.8. The second-order valence-corrected chi connectivity index (χ2v) is 8.52. The van der Waals surface area contributed by atoms with Gasteiger partial charge >= 0.3 is 0 Å². The summed E-state index contributed by atoms with van der Waals surface area (Å²) in [4.78, 5) is 1.29. The summed E-state index contributed by atoms with van der Waals surface area (Å²) in [5.74, 6) is 2.39. The molecule has 0 spiro atoms. The molecule has 0 aliphatic carbocycles. The highest BCUT2D eigenvalue weighted by atomic mass is 79.9. The van der Waals surface area contributed by atoms with E-state index < -0.39 is 10.0 Å². The van der Waals surface area contributed by atoms with Gasteiger partial charge in [0.15, 0.2) is 0 Å². The van der Waals surface area contributed by atoms with Gasteiger partial charge in [-0.3, -0.25) is 0 Å². The van der Waals surface area contributed by atoms with Crippen molar-refractivity contribution in [2.24, 2.45) is 0 Å². The molecule has 1 rings (SSSR count). The number of nitrogens with zero attached hydrogens (tertiary/aromatic N) is 1. The van der Waals surface area contributed by atoms with Gasteiger partial charge in [0.05, 0.1) is 10.3 Å². The third-order valence-corrected chi connectivity index (χ3v) is 6.84. The van der Waals surface area contributed by atoms with Crippen LogP contribution < -0.4 is 5.32 Å². The molecule has 4 nitrogen and oxygen atoms in total. The Hall–Kier alpha value is -0.390. The van der Waals surface area contributed by atoms with Gasteiger partial charge < -0.3 is 5.32 Å². The average molecular weight is 379 g/mol. The molecule has 0 atom stereocenters. The van der Waals surface area contributed by atoms with Gasteiger partial charge in [0, 0.05) is 18.0 Å². The van der Waals surface area contributed by atoms with Gasteiger partial charge in [0.1, 0.15) is 4.90 Å². The fourth-order valence-corrected chi connectivity index (χ4v) is 5.62. The number of hydrogen-bond donors (Lipinski definition) is 1. The largest absolute Gasteiger partial charge is 0.312 e. The van der Waals surface area contributed by atoms with E-state index in [2.05, 4.69) is 34.1 Å². The monoisotopic (exact) mass is 378 g/mol. The third kappa shape index (κ3) is 4.30. The molecule has 0 amide bonds. The first-order valence-corrected chi connectivity index (χ1v) is 9.44. The van der Waals surface area contributed by atoms with E-state index in [4.69, 9.17) is 6.42 Å². The van der Waals surface area contributed by atoms with Crippen molar-refractivity contribution in [1.29, 1.82) is 0 Å². The van der Waals surface area contributed by atoms with Gasteiger partial charge in [-0.05, 0) is 35.0 Å². The molecule has 1 aromatic rings.